The van der Waals surface area contributed by atoms with E-state index in [4.69, 9.17) is 23.7 Å². The molecule has 0 spiro atoms. The van der Waals surface area contributed by atoms with Crippen molar-refractivity contribution in [1.82, 2.24) is 0 Å². The number of benzene rings is 4. The molecular weight excluding hydrogens is 516 g/mol. The summed E-state index contributed by atoms with van der Waals surface area (Å²) in [6.45, 7) is 2.07. The largest absolute Gasteiger partial charge is 0.388 e. The molecule has 1 aliphatic rings. The molecule has 1 aliphatic heterocycles. The first kappa shape index (κ1) is 29.1. The molecule has 0 aromatic heterocycles. The highest BCUT2D eigenvalue weighted by Gasteiger charge is 2.46. The fourth-order valence-corrected chi connectivity index (χ4v) is 4.73. The predicted octanol–water partition coefficient (Wildman–Crippen LogP) is 5.72. The van der Waals surface area contributed by atoms with Crippen molar-refractivity contribution >= 4 is 0 Å². The smallest absolute Gasteiger partial charge is 0.115 e. The number of aliphatic hydroxyl groups excluding tert-OH is 1. The van der Waals surface area contributed by atoms with Gasteiger partial charge in [-0.1, -0.05) is 121 Å². The summed E-state index contributed by atoms with van der Waals surface area (Å²) in [5, 5.41) is 11.5. The van der Waals surface area contributed by atoms with Crippen molar-refractivity contribution < 1.29 is 28.8 Å². The van der Waals surface area contributed by atoms with E-state index >= 15 is 0 Å². The van der Waals surface area contributed by atoms with Crippen LogP contribution in [-0.4, -0.2) is 48.8 Å². The van der Waals surface area contributed by atoms with Crippen molar-refractivity contribution in [3.05, 3.63) is 144 Å². The number of hydrogen-bond acceptors (Lipinski definition) is 6. The Bertz CT molecular complexity index is 1250. The fraction of sp³-hybridized carbons (Fsp3) is 0.314. The third-order valence-electron chi connectivity index (χ3n) is 7.01. The van der Waals surface area contributed by atoms with E-state index in [1.54, 1.807) is 0 Å². The van der Waals surface area contributed by atoms with E-state index < -0.39 is 24.4 Å². The summed E-state index contributed by atoms with van der Waals surface area (Å²) < 4.78 is 31.2. The molecule has 1 saturated heterocycles. The van der Waals surface area contributed by atoms with Crippen LogP contribution in [0.4, 0.5) is 0 Å². The highest BCUT2D eigenvalue weighted by Crippen LogP contribution is 2.29. The average Bonchev–Trinajstić information content (AvgIpc) is 3.87. The Morgan fingerprint density at radius 3 is 1.39 bits per heavy atom. The van der Waals surface area contributed by atoms with Gasteiger partial charge in [0.25, 0.3) is 0 Å². The lowest BCUT2D eigenvalue weighted by Crippen LogP contribution is -2.51. The summed E-state index contributed by atoms with van der Waals surface area (Å²) >= 11 is 0. The van der Waals surface area contributed by atoms with Crippen molar-refractivity contribution in [2.24, 2.45) is 0 Å². The van der Waals surface area contributed by atoms with Crippen LogP contribution < -0.4 is 0 Å². The van der Waals surface area contributed by atoms with E-state index in [0.717, 1.165) is 22.3 Å². The lowest BCUT2D eigenvalue weighted by atomic mass is 9.99. The van der Waals surface area contributed by atoms with Gasteiger partial charge in [0, 0.05) is 0 Å². The number of ether oxygens (including phenoxy) is 5. The molecule has 6 nitrogen and oxygen atoms in total. The monoisotopic (exact) mass is 554 g/mol. The standard InChI is InChI=1S/C35H38O6/c36-31(25-37-21-27-13-5-1-6-14-27)33(39-22-28-15-7-2-8-16-28)35(41-24-30-19-11-4-12-20-30)34(32-26-38-32)40-23-29-17-9-3-10-18-29/h1-20,31-36H,21-26H2/t31-,32?,33-,34+,35+/m1/s1. The Morgan fingerprint density at radius 2 is 0.951 bits per heavy atom. The molecule has 41 heavy (non-hydrogen) atoms. The van der Waals surface area contributed by atoms with Gasteiger partial charge >= 0.3 is 0 Å². The van der Waals surface area contributed by atoms with Crippen LogP contribution in [0.3, 0.4) is 0 Å². The maximum Gasteiger partial charge on any atom is 0.115 e. The van der Waals surface area contributed by atoms with E-state index in [1.807, 2.05) is 121 Å². The molecule has 214 valence electrons. The summed E-state index contributed by atoms with van der Waals surface area (Å²) in [7, 11) is 0. The van der Waals surface area contributed by atoms with Gasteiger partial charge in [0.2, 0.25) is 0 Å². The molecule has 4 aromatic rings. The first-order valence-corrected chi connectivity index (χ1v) is 14.1. The minimum Gasteiger partial charge on any atom is -0.388 e. The molecule has 6 heteroatoms. The van der Waals surface area contributed by atoms with E-state index in [-0.39, 0.29) is 12.7 Å². The van der Waals surface area contributed by atoms with Gasteiger partial charge in [-0.2, -0.15) is 0 Å². The van der Waals surface area contributed by atoms with Gasteiger partial charge < -0.3 is 28.8 Å². The van der Waals surface area contributed by atoms with Crippen molar-refractivity contribution in [3.63, 3.8) is 0 Å². The van der Waals surface area contributed by atoms with Crippen LogP contribution in [0.15, 0.2) is 121 Å². The van der Waals surface area contributed by atoms with Gasteiger partial charge in [-0.25, -0.2) is 0 Å². The van der Waals surface area contributed by atoms with Crippen molar-refractivity contribution in [3.8, 4) is 0 Å². The SMILES string of the molecule is O[C@H](COCc1ccccc1)[C@@H](OCc1ccccc1)[C@H](OCc1ccccc1)[C@@H](OCc1ccccc1)C1CO1. The van der Waals surface area contributed by atoms with E-state index in [9.17, 15) is 5.11 Å². The summed E-state index contributed by atoms with van der Waals surface area (Å²) in [5.74, 6) is 0. The lowest BCUT2D eigenvalue weighted by Gasteiger charge is -2.35. The van der Waals surface area contributed by atoms with Gasteiger partial charge in [-0.15, -0.1) is 0 Å². The molecule has 0 saturated carbocycles. The van der Waals surface area contributed by atoms with E-state index in [0.29, 0.717) is 33.0 Å². The molecule has 5 atom stereocenters. The Kier molecular flexibility index (Phi) is 11.1. The molecule has 1 heterocycles. The zero-order valence-corrected chi connectivity index (χ0v) is 23.2. The number of rotatable bonds is 17. The second-order valence-electron chi connectivity index (χ2n) is 10.2. The Balaban J connectivity index is 1.36. The maximum atomic E-state index is 11.5. The van der Waals surface area contributed by atoms with Crippen LogP contribution in [0, 0.1) is 0 Å². The first-order chi connectivity index (χ1) is 20.3. The molecule has 0 radical (unpaired) electrons. The second kappa shape index (κ2) is 15.6. The molecule has 1 fully saturated rings. The molecule has 0 aliphatic carbocycles. The summed E-state index contributed by atoms with van der Waals surface area (Å²) in [5.41, 5.74) is 4.11. The Hall–Kier alpha value is -3.36. The maximum absolute atomic E-state index is 11.5. The molecule has 5 rings (SSSR count). The van der Waals surface area contributed by atoms with E-state index in [2.05, 4.69) is 0 Å². The number of epoxide rings is 1. The summed E-state index contributed by atoms with van der Waals surface area (Å²) in [6.07, 6.45) is -2.93. The highest BCUT2D eigenvalue weighted by molar-refractivity contribution is 5.16. The van der Waals surface area contributed by atoms with Gasteiger partial charge in [-0.3, -0.25) is 0 Å². The second-order valence-corrected chi connectivity index (χ2v) is 10.2. The van der Waals surface area contributed by atoms with Crippen LogP contribution in [-0.2, 0) is 50.1 Å². The molecular formula is C35H38O6. The van der Waals surface area contributed by atoms with Gasteiger partial charge in [0.15, 0.2) is 0 Å². The average molecular weight is 555 g/mol. The molecule has 1 N–H and O–H groups in total. The third-order valence-corrected chi connectivity index (χ3v) is 7.01. The zero-order valence-electron chi connectivity index (χ0n) is 23.2. The fourth-order valence-electron chi connectivity index (χ4n) is 4.73. The van der Waals surface area contributed by atoms with Crippen molar-refractivity contribution in [1.29, 1.82) is 0 Å². The van der Waals surface area contributed by atoms with Gasteiger partial charge in [0.05, 0.1) is 39.6 Å². The zero-order chi connectivity index (χ0) is 28.1. The molecule has 1 unspecified atom stereocenters. The van der Waals surface area contributed by atoms with Crippen LogP contribution in [0.2, 0.25) is 0 Å². The minimum atomic E-state index is -0.968. The topological polar surface area (TPSA) is 69.7 Å². The van der Waals surface area contributed by atoms with Crippen LogP contribution >= 0.6 is 0 Å². The minimum absolute atomic E-state index is 0.0798. The Morgan fingerprint density at radius 1 is 0.561 bits per heavy atom. The molecule has 0 amide bonds. The molecule has 4 aromatic carbocycles. The van der Waals surface area contributed by atoms with Crippen LogP contribution in [0.25, 0.3) is 0 Å². The number of aliphatic hydroxyl groups is 1. The quantitative estimate of drug-likeness (QED) is 0.168. The van der Waals surface area contributed by atoms with Crippen molar-refractivity contribution in [2.45, 2.75) is 56.9 Å². The van der Waals surface area contributed by atoms with Gasteiger partial charge in [-0.05, 0) is 22.3 Å². The van der Waals surface area contributed by atoms with Crippen molar-refractivity contribution in [2.75, 3.05) is 13.2 Å². The van der Waals surface area contributed by atoms with Crippen LogP contribution in [0.5, 0.6) is 0 Å². The number of hydrogen-bond donors (Lipinski definition) is 1. The normalized spacial score (nSPS) is 17.4. The lowest BCUT2D eigenvalue weighted by molar-refractivity contribution is -0.191. The third kappa shape index (κ3) is 9.33. The summed E-state index contributed by atoms with van der Waals surface area (Å²) in [6, 6.07) is 39.8. The van der Waals surface area contributed by atoms with Crippen LogP contribution in [0.1, 0.15) is 22.3 Å². The predicted molar refractivity (Wildman–Crippen MR) is 157 cm³/mol. The Labute approximate surface area is 242 Å². The van der Waals surface area contributed by atoms with E-state index in [1.165, 1.54) is 0 Å². The highest BCUT2D eigenvalue weighted by atomic mass is 16.6. The summed E-state index contributed by atoms with van der Waals surface area (Å²) in [4.78, 5) is 0. The first-order valence-electron chi connectivity index (χ1n) is 14.1. The molecule has 0 bridgehead atoms. The van der Waals surface area contributed by atoms with Gasteiger partial charge in [0.1, 0.15) is 30.5 Å².